The van der Waals surface area contributed by atoms with E-state index in [9.17, 15) is 4.80 Å². The van der Waals surface area contributed by atoms with Crippen molar-refractivity contribution in [3.8, 4) is 0 Å². The maximum Gasteiger partial charge on any atom is 0.512 e. The summed E-state index contributed by atoms with van der Waals surface area (Å²) in [5.41, 5.74) is 0. The summed E-state index contributed by atoms with van der Waals surface area (Å²) in [5.74, 6) is 0. The fourth-order valence-corrected chi connectivity index (χ4v) is 0.961. The molecule has 0 atom stereocenters. The van der Waals surface area contributed by atoms with Gasteiger partial charge < -0.3 is 8.85 Å². The van der Waals surface area contributed by atoms with Crippen LogP contribution in [-0.4, -0.2) is 22.7 Å². The highest BCUT2D eigenvalue weighted by Gasteiger charge is 2.07. The van der Waals surface area contributed by atoms with Crippen LogP contribution in [0.2, 0.25) is 0 Å². The third kappa shape index (κ3) is 4.26. The van der Waals surface area contributed by atoms with Gasteiger partial charge in [-0.05, 0) is 13.8 Å². The van der Waals surface area contributed by atoms with Crippen LogP contribution in [0, 0.1) is 0 Å². The molecule has 0 aromatic carbocycles. The second-order valence-electron chi connectivity index (χ2n) is 1.20. The molecule has 0 aliphatic heterocycles. The van der Waals surface area contributed by atoms with Crippen molar-refractivity contribution < 1.29 is 13.6 Å². The first-order valence-corrected chi connectivity index (χ1v) is 4.11. The van der Waals surface area contributed by atoms with Crippen molar-refractivity contribution in [3.63, 3.8) is 0 Å². The number of hydrogen-bond donors (Lipinski definition) is 0. The number of rotatable bonds is 4. The van der Waals surface area contributed by atoms with Gasteiger partial charge in [-0.25, -0.2) is 4.80 Å². The highest BCUT2D eigenvalue weighted by molar-refractivity contribution is 6.34. The van der Waals surface area contributed by atoms with E-state index in [4.69, 9.17) is 0 Å². The molecule has 0 unspecified atom stereocenters. The van der Waals surface area contributed by atoms with Crippen LogP contribution >= 0.6 is 0 Å². The zero-order valence-corrected chi connectivity index (χ0v) is 6.37. The molecule has 1 radical (unpaired) electrons. The van der Waals surface area contributed by atoms with Crippen molar-refractivity contribution in [2.24, 2.45) is 0 Å². The molecule has 4 heteroatoms. The molecule has 3 nitrogen and oxygen atoms in total. The Morgan fingerprint density at radius 2 is 1.62 bits per heavy atom. The summed E-state index contributed by atoms with van der Waals surface area (Å²) in [6.45, 7) is 4.52. The van der Waals surface area contributed by atoms with E-state index in [1.807, 2.05) is 0 Å². The van der Waals surface area contributed by atoms with Crippen LogP contribution in [0.5, 0.6) is 0 Å². The molecule has 0 saturated carbocycles. The van der Waals surface area contributed by atoms with Crippen LogP contribution in [0.1, 0.15) is 13.8 Å². The lowest BCUT2D eigenvalue weighted by Crippen LogP contribution is -2.20. The summed E-state index contributed by atoms with van der Waals surface area (Å²) in [5, 5.41) is 0. The Labute approximate surface area is 51.2 Å². The minimum absolute atomic E-state index is 0.473. The summed E-state index contributed by atoms with van der Waals surface area (Å²) in [4.78, 5) is 10.4. The predicted molar refractivity (Wildman–Crippen MR) is 31.1 cm³/mol. The zero-order chi connectivity index (χ0) is 6.41. The SMILES string of the molecule is CCO[SiH]([O])OCC. The van der Waals surface area contributed by atoms with Crippen molar-refractivity contribution in [2.45, 2.75) is 13.8 Å². The standard InChI is InChI=1S/C4H11O3Si/c1-3-6-8(5)7-4-2/h8H,3-4H2,1-2H3. The van der Waals surface area contributed by atoms with Crippen molar-refractivity contribution in [3.05, 3.63) is 0 Å². The van der Waals surface area contributed by atoms with Crippen LogP contribution in [0.4, 0.5) is 0 Å². The number of hydrogen-bond acceptors (Lipinski definition) is 2. The molecule has 0 N–H and O–H groups in total. The van der Waals surface area contributed by atoms with Crippen LogP contribution in [-0.2, 0) is 13.6 Å². The minimum Gasteiger partial charge on any atom is -0.375 e. The van der Waals surface area contributed by atoms with Gasteiger partial charge in [0.2, 0.25) is 0 Å². The molecular weight excluding hydrogens is 124 g/mol. The summed E-state index contributed by atoms with van der Waals surface area (Å²) in [6.07, 6.45) is 0. The van der Waals surface area contributed by atoms with E-state index in [-0.39, 0.29) is 0 Å². The van der Waals surface area contributed by atoms with Gasteiger partial charge in [0.15, 0.2) is 0 Å². The van der Waals surface area contributed by atoms with E-state index in [1.54, 1.807) is 13.8 Å². The van der Waals surface area contributed by atoms with Gasteiger partial charge in [-0.1, -0.05) is 0 Å². The molecule has 0 fully saturated rings. The van der Waals surface area contributed by atoms with E-state index >= 15 is 0 Å². The van der Waals surface area contributed by atoms with Gasteiger partial charge in [-0.3, -0.25) is 0 Å². The summed E-state index contributed by atoms with van der Waals surface area (Å²) in [7, 11) is -2.45. The van der Waals surface area contributed by atoms with Crippen molar-refractivity contribution in [2.75, 3.05) is 13.2 Å². The molecule has 0 heterocycles. The van der Waals surface area contributed by atoms with Gasteiger partial charge in [0, 0.05) is 13.2 Å². The third-order valence-corrected chi connectivity index (χ3v) is 1.82. The first-order valence-electron chi connectivity index (χ1n) is 2.70. The smallest absolute Gasteiger partial charge is 0.375 e. The highest BCUT2D eigenvalue weighted by atomic mass is 28.3. The molecule has 0 amide bonds. The Kier molecular flexibility index (Phi) is 5.30. The lowest BCUT2D eigenvalue weighted by atomic mass is 10.9. The Balaban J connectivity index is 2.92. The second-order valence-corrected chi connectivity index (χ2v) is 2.44. The summed E-state index contributed by atoms with van der Waals surface area (Å²) in [6, 6.07) is 0. The molecule has 8 heavy (non-hydrogen) atoms. The Morgan fingerprint density at radius 3 is 1.88 bits per heavy atom. The quantitative estimate of drug-likeness (QED) is 0.517. The molecule has 0 spiro atoms. The van der Waals surface area contributed by atoms with Gasteiger partial charge in [0.25, 0.3) is 0 Å². The predicted octanol–water partition coefficient (Wildman–Crippen LogP) is 0.207. The largest absolute Gasteiger partial charge is 0.512 e. The van der Waals surface area contributed by atoms with Gasteiger partial charge in [0.1, 0.15) is 0 Å². The van der Waals surface area contributed by atoms with E-state index in [2.05, 4.69) is 8.85 Å². The van der Waals surface area contributed by atoms with Crippen molar-refractivity contribution in [1.29, 1.82) is 0 Å². The molecular formula is C4H11O3Si. The molecule has 0 aromatic heterocycles. The van der Waals surface area contributed by atoms with E-state index in [0.29, 0.717) is 13.2 Å². The molecule has 0 bridgehead atoms. The van der Waals surface area contributed by atoms with Crippen LogP contribution < -0.4 is 0 Å². The molecule has 0 aliphatic rings. The third-order valence-electron chi connectivity index (χ3n) is 0.605. The summed E-state index contributed by atoms with van der Waals surface area (Å²) >= 11 is 0. The molecule has 0 rings (SSSR count). The second kappa shape index (κ2) is 5.24. The Morgan fingerprint density at radius 1 is 1.25 bits per heavy atom. The average molecular weight is 135 g/mol. The monoisotopic (exact) mass is 135 g/mol. The first kappa shape index (κ1) is 8.10. The van der Waals surface area contributed by atoms with Gasteiger partial charge in [-0.2, -0.15) is 0 Å². The molecule has 49 valence electrons. The Bertz CT molecular complexity index is 44.5. The van der Waals surface area contributed by atoms with Gasteiger partial charge in [-0.15, -0.1) is 0 Å². The maximum absolute atomic E-state index is 10.4. The van der Waals surface area contributed by atoms with Crippen molar-refractivity contribution in [1.82, 2.24) is 0 Å². The minimum atomic E-state index is -2.45. The van der Waals surface area contributed by atoms with Gasteiger partial charge in [0.05, 0.1) is 0 Å². The van der Waals surface area contributed by atoms with E-state index in [0.717, 1.165) is 0 Å². The van der Waals surface area contributed by atoms with Crippen LogP contribution in [0.25, 0.3) is 0 Å². The highest BCUT2D eigenvalue weighted by Crippen LogP contribution is 1.82. The van der Waals surface area contributed by atoms with Crippen LogP contribution in [0.3, 0.4) is 0 Å². The van der Waals surface area contributed by atoms with E-state index < -0.39 is 9.53 Å². The molecule has 0 aliphatic carbocycles. The maximum atomic E-state index is 10.4. The zero-order valence-electron chi connectivity index (χ0n) is 5.22. The fraction of sp³-hybridized carbons (Fsp3) is 1.00. The Hall–Kier alpha value is 0.0969. The molecule has 0 aromatic rings. The average Bonchev–Trinajstić information content (AvgIpc) is 1.68. The van der Waals surface area contributed by atoms with Crippen molar-refractivity contribution >= 4 is 9.53 Å². The fourth-order valence-electron chi connectivity index (χ4n) is 0.320. The lowest BCUT2D eigenvalue weighted by molar-refractivity contribution is 0.119. The first-order chi connectivity index (χ1) is 3.81. The van der Waals surface area contributed by atoms with E-state index in [1.165, 1.54) is 0 Å². The summed E-state index contributed by atoms with van der Waals surface area (Å²) < 4.78 is 9.29. The lowest BCUT2D eigenvalue weighted by Gasteiger charge is -2.03. The van der Waals surface area contributed by atoms with Gasteiger partial charge >= 0.3 is 9.53 Å². The normalized spacial score (nSPS) is 10.5. The molecule has 0 saturated heterocycles. The topological polar surface area (TPSA) is 38.4 Å². The van der Waals surface area contributed by atoms with Crippen LogP contribution in [0.15, 0.2) is 0 Å².